The summed E-state index contributed by atoms with van der Waals surface area (Å²) in [5.41, 5.74) is 1.24. The van der Waals surface area contributed by atoms with Crippen molar-refractivity contribution in [1.29, 1.82) is 0 Å². The largest absolute Gasteiger partial charge is 0.375 e. The van der Waals surface area contributed by atoms with Gasteiger partial charge in [-0.25, -0.2) is 9.65 Å². The van der Waals surface area contributed by atoms with Gasteiger partial charge in [0.15, 0.2) is 5.76 Å². The third-order valence-corrected chi connectivity index (χ3v) is 5.57. The van der Waals surface area contributed by atoms with Crippen LogP contribution in [0.15, 0.2) is 71.1 Å². The molecule has 3 rings (SSSR count). The Balaban J connectivity index is 2.01. The number of benzene rings is 2. The number of thioether (sulfide) groups is 1. The van der Waals surface area contributed by atoms with E-state index in [1.165, 1.54) is 18.9 Å². The molecule has 0 spiro atoms. The van der Waals surface area contributed by atoms with Gasteiger partial charge in [0.05, 0.1) is 11.4 Å². The number of ether oxygens (including phenoxy) is 2. The van der Waals surface area contributed by atoms with Crippen LogP contribution in [0.5, 0.6) is 0 Å². The first-order chi connectivity index (χ1) is 12.7. The molecule has 4 nitrogen and oxygen atoms in total. The molecular weight excluding hydrogens is 355 g/mol. The summed E-state index contributed by atoms with van der Waals surface area (Å²) in [5.74, 6) is 0.232. The van der Waals surface area contributed by atoms with Crippen molar-refractivity contribution < 1.29 is 24.0 Å². The summed E-state index contributed by atoms with van der Waals surface area (Å²) in [7, 11) is 1.52. The first kappa shape index (κ1) is 18.9. The molecule has 0 bridgehead atoms. The maximum atomic E-state index is 14.7. The second-order valence-electron chi connectivity index (χ2n) is 5.92. The fourth-order valence-electron chi connectivity index (χ4n) is 3.10. The predicted octanol–water partition coefficient (Wildman–Crippen LogP) is 4.78. The Morgan fingerprint density at radius 1 is 1.08 bits per heavy atom. The number of methoxy groups -OCH3 is 1. The average Bonchev–Trinajstić information content (AvgIpc) is 2.67. The molecule has 4 atom stereocenters. The highest BCUT2D eigenvalue weighted by Gasteiger charge is 2.44. The van der Waals surface area contributed by atoms with Crippen molar-refractivity contribution in [3.8, 4) is 0 Å². The Bertz CT molecular complexity index is 738. The van der Waals surface area contributed by atoms with E-state index >= 15 is 0 Å². The molecule has 0 radical (unpaired) electrons. The van der Waals surface area contributed by atoms with Crippen LogP contribution in [0, 0.1) is 0 Å². The molecule has 2 aromatic rings. The molecule has 1 saturated heterocycles. The second kappa shape index (κ2) is 8.68. The fraction of sp³-hybridized carbons (Fsp3) is 0.300. The highest BCUT2D eigenvalue weighted by molar-refractivity contribution is 8.00. The summed E-state index contributed by atoms with van der Waals surface area (Å²) in [4.78, 5) is 5.61. The van der Waals surface area contributed by atoms with Gasteiger partial charge in [0, 0.05) is 23.1 Å². The third-order valence-electron chi connectivity index (χ3n) is 4.29. The van der Waals surface area contributed by atoms with E-state index in [1.54, 1.807) is 19.1 Å². The molecule has 6 heteroatoms. The Morgan fingerprint density at radius 3 is 2.27 bits per heavy atom. The molecule has 0 saturated carbocycles. The zero-order chi connectivity index (χ0) is 18.5. The van der Waals surface area contributed by atoms with Gasteiger partial charge in [-0.15, -0.1) is 11.8 Å². The van der Waals surface area contributed by atoms with E-state index in [1.807, 2.05) is 48.5 Å². The normalized spacial score (nSPS) is 27.8. The lowest BCUT2D eigenvalue weighted by Gasteiger charge is -2.39. The summed E-state index contributed by atoms with van der Waals surface area (Å²) >= 11 is 1.34. The van der Waals surface area contributed by atoms with Crippen LogP contribution in [-0.4, -0.2) is 36.2 Å². The van der Waals surface area contributed by atoms with Crippen molar-refractivity contribution in [1.82, 2.24) is 0 Å². The van der Waals surface area contributed by atoms with Crippen LogP contribution in [0.25, 0.3) is 5.76 Å². The molecule has 0 aromatic heterocycles. The second-order valence-corrected chi connectivity index (χ2v) is 7.17. The van der Waals surface area contributed by atoms with Crippen LogP contribution < -0.4 is 0 Å². The molecule has 1 aliphatic rings. The van der Waals surface area contributed by atoms with Gasteiger partial charge in [0.1, 0.15) is 6.10 Å². The van der Waals surface area contributed by atoms with Crippen LogP contribution in [0.1, 0.15) is 12.5 Å². The summed E-state index contributed by atoms with van der Waals surface area (Å²) in [6.07, 6.45) is -2.74. The number of hydrogen-bond donors (Lipinski definition) is 1. The molecule has 138 valence electrons. The van der Waals surface area contributed by atoms with E-state index < -0.39 is 23.8 Å². The minimum atomic E-state index is -1.51. The third kappa shape index (κ3) is 3.94. The van der Waals surface area contributed by atoms with Gasteiger partial charge < -0.3 is 14.4 Å². The molecule has 0 amide bonds. The van der Waals surface area contributed by atoms with Crippen molar-refractivity contribution in [3.63, 3.8) is 0 Å². The molecular formula is C20H21FO4S. The molecule has 1 heterocycles. The Hall–Kier alpha value is -1.86. The molecule has 1 aliphatic heterocycles. The van der Waals surface area contributed by atoms with E-state index in [0.717, 1.165) is 4.90 Å². The fourth-order valence-corrected chi connectivity index (χ4v) is 4.28. The first-order valence-electron chi connectivity index (χ1n) is 8.30. The number of hydrogen-bond acceptors (Lipinski definition) is 5. The summed E-state index contributed by atoms with van der Waals surface area (Å²) < 4.78 is 25.9. The number of alkyl halides is 1. The molecule has 4 unspecified atom stereocenters. The van der Waals surface area contributed by atoms with Crippen molar-refractivity contribution in [2.75, 3.05) is 7.11 Å². The minimum Gasteiger partial charge on any atom is -0.375 e. The lowest BCUT2D eigenvalue weighted by molar-refractivity contribution is -0.176. The van der Waals surface area contributed by atoms with Crippen LogP contribution in [0.3, 0.4) is 0 Å². The van der Waals surface area contributed by atoms with Crippen LogP contribution >= 0.6 is 11.8 Å². The number of rotatable bonds is 5. The minimum absolute atomic E-state index is 0.232. The van der Waals surface area contributed by atoms with Crippen molar-refractivity contribution >= 4 is 17.5 Å². The van der Waals surface area contributed by atoms with E-state index in [0.29, 0.717) is 11.1 Å². The zero-order valence-corrected chi connectivity index (χ0v) is 15.4. The van der Waals surface area contributed by atoms with Crippen LogP contribution in [-0.2, 0) is 14.4 Å². The van der Waals surface area contributed by atoms with Gasteiger partial charge in [-0.05, 0) is 19.1 Å². The first-order valence-corrected chi connectivity index (χ1v) is 9.18. The quantitative estimate of drug-likeness (QED) is 0.462. The van der Waals surface area contributed by atoms with E-state index in [2.05, 4.69) is 0 Å². The van der Waals surface area contributed by atoms with Gasteiger partial charge in [0.25, 0.3) is 0 Å². The standard InChI is InChI=1S/C20H21FO4S/c1-13-16(17(25-22)14-9-5-3-6-10-14)18(23-2)19(20(21)24-13)26-15-11-7-4-8-12-15/h3-13,18-20,22H,1-2H3. The van der Waals surface area contributed by atoms with Gasteiger partial charge in [0.2, 0.25) is 6.36 Å². The van der Waals surface area contributed by atoms with Crippen LogP contribution in [0.4, 0.5) is 4.39 Å². The van der Waals surface area contributed by atoms with Gasteiger partial charge in [-0.2, -0.15) is 0 Å². The Morgan fingerprint density at radius 2 is 1.69 bits per heavy atom. The predicted molar refractivity (Wildman–Crippen MR) is 99.4 cm³/mol. The van der Waals surface area contributed by atoms with Gasteiger partial charge in [-0.3, -0.25) is 0 Å². The zero-order valence-electron chi connectivity index (χ0n) is 14.5. The molecule has 0 aliphatic carbocycles. The van der Waals surface area contributed by atoms with Gasteiger partial charge >= 0.3 is 0 Å². The summed E-state index contributed by atoms with van der Waals surface area (Å²) in [6.45, 7) is 1.72. The Kier molecular flexibility index (Phi) is 6.32. The smallest absolute Gasteiger partial charge is 0.214 e. The number of halogens is 1. The SMILES string of the molecule is COC1C(=C(OO)c2ccccc2)C(C)OC(F)C1Sc1ccccc1. The molecule has 26 heavy (non-hydrogen) atoms. The lowest BCUT2D eigenvalue weighted by Crippen LogP contribution is -2.47. The summed E-state index contributed by atoms with van der Waals surface area (Å²) in [6, 6.07) is 18.7. The van der Waals surface area contributed by atoms with Crippen molar-refractivity contribution in [2.24, 2.45) is 0 Å². The highest BCUT2D eigenvalue weighted by atomic mass is 32.2. The molecule has 1 fully saturated rings. The Labute approximate surface area is 156 Å². The van der Waals surface area contributed by atoms with Crippen molar-refractivity contribution in [2.45, 2.75) is 35.6 Å². The maximum Gasteiger partial charge on any atom is 0.214 e. The van der Waals surface area contributed by atoms with E-state index in [9.17, 15) is 9.65 Å². The van der Waals surface area contributed by atoms with Crippen LogP contribution in [0.2, 0.25) is 0 Å². The van der Waals surface area contributed by atoms with Crippen molar-refractivity contribution in [3.05, 3.63) is 71.8 Å². The molecule has 2 aromatic carbocycles. The topological polar surface area (TPSA) is 47.9 Å². The highest BCUT2D eigenvalue weighted by Crippen LogP contribution is 2.41. The molecule has 1 N–H and O–H groups in total. The lowest BCUT2D eigenvalue weighted by atomic mass is 9.94. The average molecular weight is 376 g/mol. The monoisotopic (exact) mass is 376 g/mol. The van der Waals surface area contributed by atoms with Gasteiger partial charge in [-0.1, -0.05) is 48.5 Å². The summed E-state index contributed by atoms with van der Waals surface area (Å²) in [5, 5.41) is 8.90. The maximum absolute atomic E-state index is 14.7. The van der Waals surface area contributed by atoms with E-state index in [-0.39, 0.29) is 5.76 Å². The van der Waals surface area contributed by atoms with E-state index in [4.69, 9.17) is 14.4 Å².